The first-order valence-electron chi connectivity index (χ1n) is 1.83. The molecule has 0 fully saturated rings. The van der Waals surface area contributed by atoms with Crippen molar-refractivity contribution < 1.29 is 4.79 Å². The van der Waals surface area contributed by atoms with Crippen molar-refractivity contribution in [3.63, 3.8) is 0 Å². The van der Waals surface area contributed by atoms with Crippen molar-refractivity contribution in [3.8, 4) is 0 Å². The van der Waals surface area contributed by atoms with Gasteiger partial charge in [-0.1, -0.05) is 6.58 Å². The maximum atomic E-state index is 9.53. The molecule has 2 heteroatoms. The molecule has 0 heterocycles. The monoisotopic (exact) mass is 97.1 g/mol. The summed E-state index contributed by atoms with van der Waals surface area (Å²) in [7, 11) is 0. The maximum Gasteiger partial charge on any atom is 0.142 e. The fourth-order valence-electron chi connectivity index (χ4n) is 0.163. The third kappa shape index (κ3) is 4.95. The summed E-state index contributed by atoms with van der Waals surface area (Å²) >= 11 is 0. The average molecular weight is 97.1 g/mol. The smallest absolute Gasteiger partial charge is 0.142 e. The Balaban J connectivity index is 3.46. The van der Waals surface area contributed by atoms with Gasteiger partial charge in [0, 0.05) is 5.70 Å². The number of nitrogens with two attached hydrogens (primary N) is 1. The highest BCUT2D eigenvalue weighted by molar-refractivity contribution is 5.65. The summed E-state index contributed by atoms with van der Waals surface area (Å²) in [5.74, 6) is 0. The minimum Gasteiger partial charge on any atom is -0.399 e. The van der Waals surface area contributed by atoms with Crippen molar-refractivity contribution in [1.29, 1.82) is 0 Å². The number of hydrogen-bond donors (Lipinski definition) is 1. The van der Waals surface area contributed by atoms with E-state index in [1.807, 2.05) is 0 Å². The molecule has 2 nitrogen and oxygen atoms in total. The summed E-state index contributed by atoms with van der Waals surface area (Å²) in [6.07, 6.45) is 3.38. The van der Waals surface area contributed by atoms with Gasteiger partial charge in [-0.2, -0.15) is 0 Å². The fraction of sp³-hybridized carbons (Fsp3) is 0. The average Bonchev–Trinajstić information content (AvgIpc) is 1.61. The highest BCUT2D eigenvalue weighted by Crippen LogP contribution is 1.75. The molecule has 2 N–H and O–H groups in total. The second-order valence-corrected chi connectivity index (χ2v) is 1.07. The first-order chi connectivity index (χ1) is 3.27. The number of aldehydes is 1. The molecule has 0 atom stereocenters. The van der Waals surface area contributed by atoms with E-state index in [9.17, 15) is 4.79 Å². The minimum absolute atomic E-state index is 0.395. The second kappa shape index (κ2) is 3.15. The van der Waals surface area contributed by atoms with E-state index in [0.29, 0.717) is 12.0 Å². The maximum absolute atomic E-state index is 9.53. The molecule has 0 bridgehead atoms. The molecular formula is C5H7NO. The molecule has 0 aromatic rings. The first kappa shape index (κ1) is 5.95. The molecular weight excluding hydrogens is 90.1 g/mol. The third-order valence-electron chi connectivity index (χ3n) is 0.389. The SMILES string of the molecule is C=C(N)C=CC=O. The van der Waals surface area contributed by atoms with Crippen LogP contribution >= 0.6 is 0 Å². The number of rotatable bonds is 2. The molecule has 7 heavy (non-hydrogen) atoms. The van der Waals surface area contributed by atoms with Crippen LogP contribution in [-0.2, 0) is 4.79 Å². The van der Waals surface area contributed by atoms with Gasteiger partial charge < -0.3 is 5.73 Å². The molecule has 0 aromatic carbocycles. The van der Waals surface area contributed by atoms with E-state index in [1.165, 1.54) is 12.2 Å². The zero-order valence-electron chi connectivity index (χ0n) is 3.92. The molecule has 0 saturated heterocycles. The van der Waals surface area contributed by atoms with Crippen LogP contribution in [0.3, 0.4) is 0 Å². The van der Waals surface area contributed by atoms with Crippen LogP contribution in [0, 0.1) is 0 Å². The second-order valence-electron chi connectivity index (χ2n) is 1.07. The van der Waals surface area contributed by atoms with Crippen LogP contribution in [-0.4, -0.2) is 6.29 Å². The Morgan fingerprint density at radius 2 is 2.29 bits per heavy atom. The summed E-state index contributed by atoms with van der Waals surface area (Å²) in [5, 5.41) is 0. The lowest BCUT2D eigenvalue weighted by Gasteiger charge is -1.77. The number of allylic oxidation sites excluding steroid dienone is 2. The van der Waals surface area contributed by atoms with Crippen LogP contribution < -0.4 is 5.73 Å². The van der Waals surface area contributed by atoms with Crippen LogP contribution in [0.15, 0.2) is 24.4 Å². The highest BCUT2D eigenvalue weighted by Gasteiger charge is 1.67. The van der Waals surface area contributed by atoms with Crippen molar-refractivity contribution in [2.24, 2.45) is 5.73 Å². The van der Waals surface area contributed by atoms with E-state index in [2.05, 4.69) is 6.58 Å². The molecule has 0 spiro atoms. The summed E-state index contributed by atoms with van der Waals surface area (Å²) in [6.45, 7) is 3.32. The predicted molar refractivity (Wildman–Crippen MR) is 28.5 cm³/mol. The summed E-state index contributed by atoms with van der Waals surface area (Å²) < 4.78 is 0. The van der Waals surface area contributed by atoms with E-state index in [-0.39, 0.29) is 0 Å². The minimum atomic E-state index is 0.395. The fourth-order valence-corrected chi connectivity index (χ4v) is 0.163. The molecule has 0 aliphatic heterocycles. The van der Waals surface area contributed by atoms with Gasteiger partial charge in [0.25, 0.3) is 0 Å². The number of carbonyl (C=O) groups is 1. The number of hydrogen-bond acceptors (Lipinski definition) is 2. The van der Waals surface area contributed by atoms with Crippen LogP contribution in [0.25, 0.3) is 0 Å². The van der Waals surface area contributed by atoms with Gasteiger partial charge in [-0.15, -0.1) is 0 Å². The Morgan fingerprint density at radius 1 is 1.71 bits per heavy atom. The normalized spacial score (nSPS) is 9.14. The van der Waals surface area contributed by atoms with Crippen molar-refractivity contribution in [1.82, 2.24) is 0 Å². The molecule has 0 aromatic heterocycles. The van der Waals surface area contributed by atoms with Gasteiger partial charge in [0.2, 0.25) is 0 Å². The van der Waals surface area contributed by atoms with E-state index >= 15 is 0 Å². The van der Waals surface area contributed by atoms with Gasteiger partial charge in [0.05, 0.1) is 0 Å². The first-order valence-corrected chi connectivity index (χ1v) is 1.83. The van der Waals surface area contributed by atoms with Crippen LogP contribution in [0.5, 0.6) is 0 Å². The Morgan fingerprint density at radius 3 is 2.43 bits per heavy atom. The lowest BCUT2D eigenvalue weighted by atomic mass is 10.4. The van der Waals surface area contributed by atoms with Gasteiger partial charge in [0.15, 0.2) is 0 Å². The van der Waals surface area contributed by atoms with Gasteiger partial charge >= 0.3 is 0 Å². The van der Waals surface area contributed by atoms with Crippen molar-refractivity contribution >= 4 is 6.29 Å². The van der Waals surface area contributed by atoms with Gasteiger partial charge in [-0.05, 0) is 12.2 Å². The number of carbonyl (C=O) groups excluding carboxylic acids is 1. The standard InChI is InChI=1S/C5H7NO/c1-5(6)3-2-4-7/h2-4H,1,6H2. The van der Waals surface area contributed by atoms with Crippen molar-refractivity contribution in [2.75, 3.05) is 0 Å². The third-order valence-corrected chi connectivity index (χ3v) is 0.389. The molecule has 0 amide bonds. The Kier molecular flexibility index (Phi) is 2.68. The van der Waals surface area contributed by atoms with E-state index < -0.39 is 0 Å². The lowest BCUT2D eigenvalue weighted by molar-refractivity contribution is -0.104. The largest absolute Gasteiger partial charge is 0.399 e. The van der Waals surface area contributed by atoms with Gasteiger partial charge in [0.1, 0.15) is 6.29 Å². The van der Waals surface area contributed by atoms with Gasteiger partial charge in [-0.25, -0.2) is 0 Å². The van der Waals surface area contributed by atoms with Crippen molar-refractivity contribution in [2.45, 2.75) is 0 Å². The van der Waals surface area contributed by atoms with Gasteiger partial charge in [-0.3, -0.25) is 4.79 Å². The molecule has 0 unspecified atom stereocenters. The summed E-state index contributed by atoms with van der Waals surface area (Å²) in [4.78, 5) is 9.53. The Bertz CT molecular complexity index is 105. The molecule has 0 aliphatic carbocycles. The van der Waals surface area contributed by atoms with Crippen LogP contribution in [0.2, 0.25) is 0 Å². The topological polar surface area (TPSA) is 43.1 Å². The van der Waals surface area contributed by atoms with E-state index in [1.54, 1.807) is 0 Å². The van der Waals surface area contributed by atoms with E-state index in [4.69, 9.17) is 5.73 Å². The van der Waals surface area contributed by atoms with Crippen LogP contribution in [0.4, 0.5) is 0 Å². The van der Waals surface area contributed by atoms with E-state index in [0.717, 1.165) is 0 Å². The molecule has 38 valence electrons. The Hall–Kier alpha value is -1.05. The van der Waals surface area contributed by atoms with Crippen molar-refractivity contribution in [3.05, 3.63) is 24.4 Å². The predicted octanol–water partition coefficient (Wildman–Crippen LogP) is 0.214. The zero-order valence-corrected chi connectivity index (χ0v) is 3.92. The lowest BCUT2D eigenvalue weighted by Crippen LogP contribution is -1.87. The summed E-state index contributed by atoms with van der Waals surface area (Å²) in [6, 6.07) is 0. The zero-order chi connectivity index (χ0) is 5.70. The molecule has 0 saturated carbocycles. The molecule has 0 aliphatic rings. The van der Waals surface area contributed by atoms with Crippen LogP contribution in [0.1, 0.15) is 0 Å². The molecule has 0 rings (SSSR count). The molecule has 0 radical (unpaired) electrons. The highest BCUT2D eigenvalue weighted by atomic mass is 16.1. The summed E-state index contributed by atoms with van der Waals surface area (Å²) in [5.41, 5.74) is 5.43. The quantitative estimate of drug-likeness (QED) is 0.304. The Labute approximate surface area is 42.3 Å².